The van der Waals surface area contributed by atoms with Crippen LogP contribution in [0.2, 0.25) is 5.02 Å². The molecule has 0 saturated heterocycles. The summed E-state index contributed by atoms with van der Waals surface area (Å²) in [6, 6.07) is 15.0. The molecule has 1 aromatic heterocycles. The molecule has 3 aromatic rings. The van der Waals surface area contributed by atoms with Crippen LogP contribution in [0.15, 0.2) is 54.7 Å². The summed E-state index contributed by atoms with van der Waals surface area (Å²) in [6.07, 6.45) is 4.04. The van der Waals surface area contributed by atoms with E-state index in [0.29, 0.717) is 26.9 Å². The molecular formula is C20H18ClN3O2S. The van der Waals surface area contributed by atoms with Gasteiger partial charge in [0, 0.05) is 17.8 Å². The van der Waals surface area contributed by atoms with Gasteiger partial charge in [0.2, 0.25) is 5.06 Å². The van der Waals surface area contributed by atoms with Crippen molar-refractivity contribution in [2.24, 2.45) is 0 Å². The molecule has 0 radical (unpaired) electrons. The number of hydrogen-bond acceptors (Lipinski definition) is 4. The number of aromatic nitrogens is 1. The number of carbonyl (C=O) groups is 1. The van der Waals surface area contributed by atoms with Gasteiger partial charge in [-0.25, -0.2) is 9.78 Å². The standard InChI is InChI=1S/C20H18ClN3O2S/c1-24(16-6-2-4-14(10-16)13-8-9-13)20(25)23-19-22-12-18(27-19)26-17-7-3-5-15(21)11-17/h2-7,10-13H,8-9H2,1H3,(H,22,23,25). The molecule has 0 atom stereocenters. The smallest absolute Gasteiger partial charge is 0.327 e. The van der Waals surface area contributed by atoms with Crippen LogP contribution >= 0.6 is 22.9 Å². The number of nitrogens with zero attached hydrogens (tertiary/aromatic N) is 2. The summed E-state index contributed by atoms with van der Waals surface area (Å²) in [7, 11) is 1.75. The molecule has 5 nitrogen and oxygen atoms in total. The minimum atomic E-state index is -0.244. The quantitative estimate of drug-likeness (QED) is 0.561. The number of ether oxygens (including phenoxy) is 1. The Balaban J connectivity index is 1.40. The van der Waals surface area contributed by atoms with E-state index >= 15 is 0 Å². The van der Waals surface area contributed by atoms with Crippen molar-refractivity contribution in [2.45, 2.75) is 18.8 Å². The lowest BCUT2D eigenvalue weighted by atomic mass is 10.1. The summed E-state index contributed by atoms with van der Waals surface area (Å²) >= 11 is 7.22. The fraction of sp³-hybridized carbons (Fsp3) is 0.200. The molecule has 7 heteroatoms. The first-order valence-electron chi connectivity index (χ1n) is 8.62. The normalized spacial score (nSPS) is 13.3. The summed E-state index contributed by atoms with van der Waals surface area (Å²) < 4.78 is 5.72. The van der Waals surface area contributed by atoms with Crippen LogP contribution in [0.25, 0.3) is 0 Å². The first-order valence-corrected chi connectivity index (χ1v) is 9.82. The number of halogens is 1. The van der Waals surface area contributed by atoms with E-state index in [2.05, 4.69) is 22.4 Å². The van der Waals surface area contributed by atoms with E-state index in [4.69, 9.17) is 16.3 Å². The summed E-state index contributed by atoms with van der Waals surface area (Å²) in [5, 5.41) is 4.46. The van der Waals surface area contributed by atoms with Crippen molar-refractivity contribution < 1.29 is 9.53 Å². The number of thiazole rings is 1. The number of amides is 2. The molecule has 1 aliphatic rings. The van der Waals surface area contributed by atoms with Crippen LogP contribution in [-0.2, 0) is 0 Å². The predicted molar refractivity (Wildman–Crippen MR) is 109 cm³/mol. The maximum absolute atomic E-state index is 12.5. The highest BCUT2D eigenvalue weighted by Crippen LogP contribution is 2.41. The van der Waals surface area contributed by atoms with Crippen molar-refractivity contribution in [1.29, 1.82) is 0 Å². The van der Waals surface area contributed by atoms with Gasteiger partial charge in [0.05, 0.1) is 6.20 Å². The molecule has 27 heavy (non-hydrogen) atoms. The van der Waals surface area contributed by atoms with Gasteiger partial charge in [0.1, 0.15) is 5.75 Å². The van der Waals surface area contributed by atoms with E-state index in [1.807, 2.05) is 24.3 Å². The topological polar surface area (TPSA) is 54.5 Å². The van der Waals surface area contributed by atoms with Crippen LogP contribution in [0.3, 0.4) is 0 Å². The maximum atomic E-state index is 12.5. The van der Waals surface area contributed by atoms with Crippen LogP contribution in [0.5, 0.6) is 10.8 Å². The molecule has 1 fully saturated rings. The second-order valence-electron chi connectivity index (χ2n) is 6.40. The molecule has 138 valence electrons. The molecule has 0 bridgehead atoms. The van der Waals surface area contributed by atoms with Gasteiger partial charge in [-0.3, -0.25) is 10.2 Å². The number of anilines is 2. The van der Waals surface area contributed by atoms with Crippen molar-refractivity contribution in [3.8, 4) is 10.8 Å². The van der Waals surface area contributed by atoms with E-state index in [0.717, 1.165) is 5.69 Å². The van der Waals surface area contributed by atoms with Crippen LogP contribution in [0.1, 0.15) is 24.3 Å². The van der Waals surface area contributed by atoms with Crippen molar-refractivity contribution in [1.82, 2.24) is 4.98 Å². The summed E-state index contributed by atoms with van der Waals surface area (Å²) in [5.41, 5.74) is 2.16. The molecule has 1 N–H and O–H groups in total. The Bertz CT molecular complexity index is 971. The molecule has 0 unspecified atom stereocenters. The highest BCUT2D eigenvalue weighted by Gasteiger charge is 2.24. The average Bonchev–Trinajstić information content (AvgIpc) is 3.43. The van der Waals surface area contributed by atoms with E-state index in [9.17, 15) is 4.79 Å². The SMILES string of the molecule is CN(C(=O)Nc1ncc(Oc2cccc(Cl)c2)s1)c1cccc(C2CC2)c1. The molecule has 1 heterocycles. The molecule has 4 rings (SSSR count). The van der Waals surface area contributed by atoms with E-state index < -0.39 is 0 Å². The van der Waals surface area contributed by atoms with Gasteiger partial charge in [-0.2, -0.15) is 0 Å². The fourth-order valence-corrected chi connectivity index (χ4v) is 3.57. The van der Waals surface area contributed by atoms with Gasteiger partial charge in [0.25, 0.3) is 0 Å². The Labute approximate surface area is 166 Å². The molecule has 0 aliphatic heterocycles. The van der Waals surface area contributed by atoms with Crippen LogP contribution in [0.4, 0.5) is 15.6 Å². The highest BCUT2D eigenvalue weighted by atomic mass is 35.5. The number of hydrogen-bond donors (Lipinski definition) is 1. The van der Waals surface area contributed by atoms with Gasteiger partial charge in [0.15, 0.2) is 5.13 Å². The summed E-state index contributed by atoms with van der Waals surface area (Å²) in [5.74, 6) is 1.27. The van der Waals surface area contributed by atoms with Crippen LogP contribution in [0, 0.1) is 0 Å². The Kier molecular flexibility index (Phi) is 5.01. The van der Waals surface area contributed by atoms with Crippen LogP contribution < -0.4 is 15.0 Å². The van der Waals surface area contributed by atoms with Crippen molar-refractivity contribution in [2.75, 3.05) is 17.3 Å². The summed E-state index contributed by atoms with van der Waals surface area (Å²) in [4.78, 5) is 18.3. The Morgan fingerprint density at radius 2 is 2.07 bits per heavy atom. The van der Waals surface area contributed by atoms with Crippen molar-refractivity contribution >= 4 is 39.8 Å². The Morgan fingerprint density at radius 1 is 1.26 bits per heavy atom. The fourth-order valence-electron chi connectivity index (χ4n) is 2.71. The van der Waals surface area contributed by atoms with Gasteiger partial charge in [-0.05, 0) is 54.7 Å². The van der Waals surface area contributed by atoms with Crippen molar-refractivity contribution in [3.63, 3.8) is 0 Å². The number of urea groups is 1. The zero-order valence-corrected chi connectivity index (χ0v) is 16.3. The lowest BCUT2D eigenvalue weighted by Crippen LogP contribution is -2.31. The number of carbonyl (C=O) groups excluding carboxylic acids is 1. The first kappa shape index (κ1) is 17.8. The molecule has 1 aliphatic carbocycles. The molecule has 0 spiro atoms. The second-order valence-corrected chi connectivity index (χ2v) is 7.83. The van der Waals surface area contributed by atoms with Crippen molar-refractivity contribution in [3.05, 3.63) is 65.3 Å². The highest BCUT2D eigenvalue weighted by molar-refractivity contribution is 7.17. The predicted octanol–water partition coefficient (Wildman–Crippen LogP) is 6.13. The van der Waals surface area contributed by atoms with Gasteiger partial charge in [-0.15, -0.1) is 0 Å². The third-order valence-electron chi connectivity index (χ3n) is 4.32. The monoisotopic (exact) mass is 399 g/mol. The zero-order chi connectivity index (χ0) is 18.8. The first-order chi connectivity index (χ1) is 13.1. The third-order valence-corrected chi connectivity index (χ3v) is 5.35. The average molecular weight is 400 g/mol. The number of benzene rings is 2. The largest absolute Gasteiger partial charge is 0.445 e. The number of nitrogens with one attached hydrogen (secondary N) is 1. The molecule has 2 aromatic carbocycles. The Hall–Kier alpha value is -2.57. The lowest BCUT2D eigenvalue weighted by molar-refractivity contribution is 0.258. The molecular weight excluding hydrogens is 382 g/mol. The minimum absolute atomic E-state index is 0.244. The van der Waals surface area contributed by atoms with Crippen LogP contribution in [-0.4, -0.2) is 18.1 Å². The van der Waals surface area contributed by atoms with Gasteiger partial charge < -0.3 is 4.74 Å². The number of rotatable bonds is 5. The maximum Gasteiger partial charge on any atom is 0.327 e. The Morgan fingerprint density at radius 3 is 2.85 bits per heavy atom. The van der Waals surface area contributed by atoms with E-state index in [-0.39, 0.29) is 6.03 Å². The molecule has 2 amide bonds. The zero-order valence-electron chi connectivity index (χ0n) is 14.7. The van der Waals surface area contributed by atoms with E-state index in [1.54, 1.807) is 30.3 Å². The van der Waals surface area contributed by atoms with E-state index in [1.165, 1.54) is 29.7 Å². The van der Waals surface area contributed by atoms with Gasteiger partial charge >= 0.3 is 6.03 Å². The third kappa shape index (κ3) is 4.40. The van der Waals surface area contributed by atoms with Gasteiger partial charge in [-0.1, -0.05) is 41.1 Å². The summed E-state index contributed by atoms with van der Waals surface area (Å²) in [6.45, 7) is 0. The lowest BCUT2D eigenvalue weighted by Gasteiger charge is -2.18. The minimum Gasteiger partial charge on any atom is -0.445 e. The molecule has 1 saturated carbocycles. The second kappa shape index (κ2) is 7.58.